The Balaban J connectivity index is 1.93. The third kappa shape index (κ3) is 4.30. The lowest BCUT2D eigenvalue weighted by atomic mass is 9.92. The van der Waals surface area contributed by atoms with Crippen LogP contribution in [0.15, 0.2) is 90.4 Å². The molecule has 0 radical (unpaired) electrons. The van der Waals surface area contributed by atoms with Crippen molar-refractivity contribution < 1.29 is 4.79 Å². The molecule has 1 heterocycles. The van der Waals surface area contributed by atoms with E-state index < -0.39 is 0 Å². The van der Waals surface area contributed by atoms with Gasteiger partial charge in [0.05, 0.1) is 0 Å². The maximum atomic E-state index is 12.7. The fourth-order valence-electron chi connectivity index (χ4n) is 3.71. The monoisotopic (exact) mass is 428 g/mol. The van der Waals surface area contributed by atoms with Gasteiger partial charge in [0.25, 0.3) is 5.56 Å². The molecule has 4 aromatic rings. The molecule has 0 atom stereocenters. The number of carbonyl (C=O) groups is 1. The van der Waals surface area contributed by atoms with E-state index in [1.165, 1.54) is 6.08 Å². The summed E-state index contributed by atoms with van der Waals surface area (Å²) in [4.78, 5) is 24.5. The van der Waals surface area contributed by atoms with Gasteiger partial charge in [-0.25, -0.2) is 0 Å². The number of benzene rings is 3. The molecule has 0 aliphatic carbocycles. The second-order valence-corrected chi connectivity index (χ2v) is 7.81. The van der Waals surface area contributed by atoms with Gasteiger partial charge in [0.15, 0.2) is 0 Å². The van der Waals surface area contributed by atoms with Gasteiger partial charge in [0.1, 0.15) is 0 Å². The van der Waals surface area contributed by atoms with E-state index in [2.05, 4.69) is 11.9 Å². The first-order chi connectivity index (χ1) is 15.0. The van der Waals surface area contributed by atoms with Gasteiger partial charge in [0.2, 0.25) is 5.91 Å². The molecule has 0 aliphatic rings. The molecule has 4 nitrogen and oxygen atoms in total. The summed E-state index contributed by atoms with van der Waals surface area (Å²) in [6.07, 6.45) is 3.77. The van der Waals surface area contributed by atoms with Crippen LogP contribution in [0.4, 0.5) is 5.69 Å². The van der Waals surface area contributed by atoms with Crippen LogP contribution < -0.4 is 10.9 Å². The quantitative estimate of drug-likeness (QED) is 0.422. The predicted octanol–water partition coefficient (Wildman–Crippen LogP) is 5.57. The summed E-state index contributed by atoms with van der Waals surface area (Å²) in [7, 11) is 1.75. The van der Waals surface area contributed by atoms with E-state index in [1.807, 2.05) is 72.9 Å². The molecule has 154 valence electrons. The van der Waals surface area contributed by atoms with Crippen LogP contribution in [0.3, 0.4) is 0 Å². The molecule has 0 spiro atoms. The van der Waals surface area contributed by atoms with Crippen LogP contribution in [-0.4, -0.2) is 10.5 Å². The van der Waals surface area contributed by atoms with E-state index in [-0.39, 0.29) is 11.5 Å². The largest absolute Gasteiger partial charge is 0.323 e. The number of fused-ring (bicyclic) bond motifs is 1. The topological polar surface area (TPSA) is 51.1 Å². The van der Waals surface area contributed by atoms with Crippen LogP contribution in [0.2, 0.25) is 5.02 Å². The van der Waals surface area contributed by atoms with Gasteiger partial charge in [-0.3, -0.25) is 9.59 Å². The zero-order valence-corrected chi connectivity index (χ0v) is 17.8. The van der Waals surface area contributed by atoms with Crippen LogP contribution in [0.5, 0.6) is 0 Å². The molecular formula is C26H21ClN2O2. The van der Waals surface area contributed by atoms with E-state index in [1.54, 1.807) is 11.6 Å². The average Bonchev–Trinajstić information content (AvgIpc) is 2.78. The Kier molecular flexibility index (Phi) is 5.74. The number of pyridine rings is 1. The third-order valence-electron chi connectivity index (χ3n) is 5.25. The Hall–Kier alpha value is -3.63. The summed E-state index contributed by atoms with van der Waals surface area (Å²) in [6, 6.07) is 21.1. The van der Waals surface area contributed by atoms with Crippen LogP contribution in [0.1, 0.15) is 11.1 Å². The first-order valence-corrected chi connectivity index (χ1v) is 10.2. The predicted molar refractivity (Wildman–Crippen MR) is 128 cm³/mol. The van der Waals surface area contributed by atoms with Gasteiger partial charge in [-0.1, -0.05) is 54.6 Å². The van der Waals surface area contributed by atoms with Gasteiger partial charge in [-0.05, 0) is 64.9 Å². The Labute approximate surface area is 185 Å². The van der Waals surface area contributed by atoms with E-state index in [9.17, 15) is 9.59 Å². The minimum Gasteiger partial charge on any atom is -0.323 e. The van der Waals surface area contributed by atoms with Crippen LogP contribution in [0.25, 0.3) is 21.9 Å². The summed E-state index contributed by atoms with van der Waals surface area (Å²) in [6.45, 7) is 3.52. The SMILES string of the molecule is C=CC(=O)Nc1ccc(Cc2ccc(Cl)cc2)c(-c2cn(C)c(=O)c3ccccc23)c1. The molecule has 1 N–H and O–H groups in total. The molecule has 0 saturated heterocycles. The van der Waals surface area contributed by atoms with Gasteiger partial charge in [0, 0.05) is 34.9 Å². The van der Waals surface area contributed by atoms with Gasteiger partial charge in [-0.2, -0.15) is 0 Å². The van der Waals surface area contributed by atoms with Crippen LogP contribution in [-0.2, 0) is 18.3 Å². The fraction of sp³-hybridized carbons (Fsp3) is 0.0769. The van der Waals surface area contributed by atoms with Crippen molar-refractivity contribution in [3.05, 3.63) is 112 Å². The number of rotatable bonds is 5. The molecule has 4 rings (SSSR count). The van der Waals surface area contributed by atoms with E-state index in [0.29, 0.717) is 22.5 Å². The summed E-state index contributed by atoms with van der Waals surface area (Å²) in [5.74, 6) is -0.276. The van der Waals surface area contributed by atoms with Crippen molar-refractivity contribution in [2.24, 2.45) is 7.05 Å². The highest BCUT2D eigenvalue weighted by Gasteiger charge is 2.14. The lowest BCUT2D eigenvalue weighted by Gasteiger charge is -2.16. The minimum atomic E-state index is -0.276. The smallest absolute Gasteiger partial charge is 0.258 e. The van der Waals surface area contributed by atoms with E-state index in [0.717, 1.165) is 27.6 Å². The molecule has 0 saturated carbocycles. The Morgan fingerprint density at radius 3 is 2.45 bits per heavy atom. The molecule has 3 aromatic carbocycles. The Morgan fingerprint density at radius 1 is 1.03 bits per heavy atom. The van der Waals surface area contributed by atoms with Crippen molar-refractivity contribution in [3.8, 4) is 11.1 Å². The number of hydrogen-bond donors (Lipinski definition) is 1. The number of carbonyl (C=O) groups excluding carboxylic acids is 1. The van der Waals surface area contributed by atoms with Crippen molar-refractivity contribution in [2.45, 2.75) is 6.42 Å². The maximum Gasteiger partial charge on any atom is 0.258 e. The molecule has 0 aliphatic heterocycles. The second kappa shape index (κ2) is 8.62. The zero-order chi connectivity index (χ0) is 22.0. The summed E-state index contributed by atoms with van der Waals surface area (Å²) < 4.78 is 1.60. The number of aromatic nitrogens is 1. The Morgan fingerprint density at radius 2 is 1.74 bits per heavy atom. The molecule has 0 fully saturated rings. The summed E-state index contributed by atoms with van der Waals surface area (Å²) in [5.41, 5.74) is 4.68. The highest BCUT2D eigenvalue weighted by molar-refractivity contribution is 6.30. The molecule has 0 bridgehead atoms. The van der Waals surface area contributed by atoms with Crippen LogP contribution in [0, 0.1) is 0 Å². The number of aryl methyl sites for hydroxylation is 1. The molecule has 31 heavy (non-hydrogen) atoms. The maximum absolute atomic E-state index is 12.7. The molecule has 1 amide bonds. The average molecular weight is 429 g/mol. The fourth-order valence-corrected chi connectivity index (χ4v) is 3.83. The third-order valence-corrected chi connectivity index (χ3v) is 5.50. The van der Waals surface area contributed by atoms with Crippen LogP contribution >= 0.6 is 11.6 Å². The van der Waals surface area contributed by atoms with Crippen molar-refractivity contribution in [1.82, 2.24) is 4.57 Å². The number of amides is 1. The first-order valence-electron chi connectivity index (χ1n) is 9.86. The number of anilines is 1. The van der Waals surface area contributed by atoms with Gasteiger partial charge < -0.3 is 9.88 Å². The number of nitrogens with one attached hydrogen (secondary N) is 1. The van der Waals surface area contributed by atoms with Gasteiger partial charge >= 0.3 is 0 Å². The second-order valence-electron chi connectivity index (χ2n) is 7.37. The molecule has 0 unspecified atom stereocenters. The zero-order valence-electron chi connectivity index (χ0n) is 17.1. The Bertz CT molecular complexity index is 1350. The minimum absolute atomic E-state index is 0.0466. The van der Waals surface area contributed by atoms with E-state index in [4.69, 9.17) is 11.6 Å². The number of hydrogen-bond acceptors (Lipinski definition) is 2. The van der Waals surface area contributed by atoms with Crippen molar-refractivity contribution in [1.29, 1.82) is 0 Å². The molecular weight excluding hydrogens is 408 g/mol. The van der Waals surface area contributed by atoms with Gasteiger partial charge in [-0.15, -0.1) is 0 Å². The lowest BCUT2D eigenvalue weighted by Crippen LogP contribution is -2.16. The lowest BCUT2D eigenvalue weighted by molar-refractivity contribution is -0.111. The van der Waals surface area contributed by atoms with Crippen molar-refractivity contribution in [3.63, 3.8) is 0 Å². The van der Waals surface area contributed by atoms with Crippen molar-refractivity contribution >= 4 is 34.0 Å². The highest BCUT2D eigenvalue weighted by atomic mass is 35.5. The molecule has 1 aromatic heterocycles. The number of nitrogens with zero attached hydrogens (tertiary/aromatic N) is 1. The number of halogens is 1. The molecule has 5 heteroatoms. The first kappa shape index (κ1) is 20.6. The highest BCUT2D eigenvalue weighted by Crippen LogP contribution is 2.33. The van der Waals surface area contributed by atoms with E-state index >= 15 is 0 Å². The summed E-state index contributed by atoms with van der Waals surface area (Å²) in [5, 5.41) is 5.05. The standard InChI is InChI=1S/C26H21ClN2O2/c1-3-25(30)28-20-13-10-18(14-17-8-11-19(27)12-9-17)23(15-20)24-16-29(2)26(31)22-7-5-4-6-21(22)24/h3-13,15-16H,1,14H2,2H3,(H,28,30). The normalized spacial score (nSPS) is 10.8. The summed E-state index contributed by atoms with van der Waals surface area (Å²) >= 11 is 6.04. The van der Waals surface area contributed by atoms with Crippen molar-refractivity contribution in [2.75, 3.05) is 5.32 Å².